The predicted molar refractivity (Wildman–Crippen MR) is 98.6 cm³/mol. The van der Waals surface area contributed by atoms with Crippen molar-refractivity contribution in [2.45, 2.75) is 5.92 Å². The molecule has 3 N–H and O–H groups in total. The summed E-state index contributed by atoms with van der Waals surface area (Å²) in [6.07, 6.45) is 4.51. The van der Waals surface area contributed by atoms with Crippen LogP contribution in [-0.2, 0) is 4.79 Å². The number of nitrogens with zero attached hydrogens (tertiary/aromatic N) is 3. The molecule has 8 heteroatoms. The molecule has 0 radical (unpaired) electrons. The van der Waals surface area contributed by atoms with Crippen LogP contribution < -0.4 is 15.8 Å². The maximum Gasteiger partial charge on any atom is 0.234 e. The second-order valence-corrected chi connectivity index (χ2v) is 5.70. The lowest BCUT2D eigenvalue weighted by molar-refractivity contribution is -0.117. The molecule has 2 aromatic heterocycles. The average molecular weight is 367 g/mol. The van der Waals surface area contributed by atoms with Crippen molar-refractivity contribution >= 4 is 11.7 Å². The highest BCUT2D eigenvalue weighted by atomic mass is 19.1. The number of rotatable bonds is 6. The van der Waals surface area contributed by atoms with E-state index in [0.717, 1.165) is 0 Å². The van der Waals surface area contributed by atoms with E-state index in [9.17, 15) is 9.18 Å². The number of aromatic nitrogens is 3. The quantitative estimate of drug-likeness (QED) is 0.693. The number of benzene rings is 1. The standard InChI is InChI=1S/C19H18FN5O2/c1-27-17-5-4-13(20)7-14(17)16-8-18(24-11-23-16)25-19(26)15(9-21)12-3-2-6-22-10-12/h2-8,10-11,15H,9,21H2,1H3,(H,23,24,25,26). The summed E-state index contributed by atoms with van der Waals surface area (Å²) in [5.74, 6) is -0.571. The second-order valence-electron chi connectivity index (χ2n) is 5.70. The van der Waals surface area contributed by atoms with Gasteiger partial charge < -0.3 is 15.8 Å². The Kier molecular flexibility index (Phi) is 5.68. The minimum atomic E-state index is -0.569. The van der Waals surface area contributed by atoms with Gasteiger partial charge in [0.1, 0.15) is 23.7 Å². The summed E-state index contributed by atoms with van der Waals surface area (Å²) in [7, 11) is 1.49. The third-order valence-corrected chi connectivity index (χ3v) is 3.99. The van der Waals surface area contributed by atoms with Gasteiger partial charge in [-0.3, -0.25) is 9.78 Å². The number of pyridine rings is 1. The molecule has 1 atom stereocenters. The normalized spacial score (nSPS) is 11.7. The highest BCUT2D eigenvalue weighted by molar-refractivity contribution is 5.95. The Balaban J connectivity index is 1.86. The molecule has 1 aromatic carbocycles. The molecule has 1 amide bonds. The van der Waals surface area contributed by atoms with Crippen molar-refractivity contribution in [2.24, 2.45) is 5.73 Å². The minimum absolute atomic E-state index is 0.118. The summed E-state index contributed by atoms with van der Waals surface area (Å²) in [5, 5.41) is 2.72. The number of carbonyl (C=O) groups is 1. The van der Waals surface area contributed by atoms with Crippen LogP contribution in [0.3, 0.4) is 0 Å². The predicted octanol–water partition coefficient (Wildman–Crippen LogP) is 2.37. The van der Waals surface area contributed by atoms with Crippen molar-refractivity contribution < 1.29 is 13.9 Å². The topological polar surface area (TPSA) is 103 Å². The Morgan fingerprint density at radius 3 is 2.85 bits per heavy atom. The van der Waals surface area contributed by atoms with Crippen LogP contribution in [0.4, 0.5) is 10.2 Å². The van der Waals surface area contributed by atoms with E-state index in [2.05, 4.69) is 20.3 Å². The number of ether oxygens (including phenoxy) is 1. The highest BCUT2D eigenvalue weighted by Gasteiger charge is 2.20. The van der Waals surface area contributed by atoms with E-state index in [4.69, 9.17) is 10.5 Å². The molecule has 0 saturated carbocycles. The Morgan fingerprint density at radius 2 is 2.15 bits per heavy atom. The molecular formula is C19H18FN5O2. The zero-order chi connectivity index (χ0) is 19.2. The van der Waals surface area contributed by atoms with E-state index in [1.165, 1.54) is 31.6 Å². The van der Waals surface area contributed by atoms with Gasteiger partial charge in [-0.2, -0.15) is 0 Å². The maximum atomic E-state index is 13.6. The van der Waals surface area contributed by atoms with Crippen molar-refractivity contribution in [1.82, 2.24) is 15.0 Å². The molecule has 3 rings (SSSR count). The van der Waals surface area contributed by atoms with E-state index >= 15 is 0 Å². The van der Waals surface area contributed by atoms with Crippen molar-refractivity contribution in [3.63, 3.8) is 0 Å². The molecule has 2 heterocycles. The monoisotopic (exact) mass is 367 g/mol. The van der Waals surface area contributed by atoms with Gasteiger partial charge in [-0.25, -0.2) is 14.4 Å². The number of amides is 1. The number of anilines is 1. The first-order chi connectivity index (χ1) is 13.1. The van der Waals surface area contributed by atoms with Crippen LogP contribution in [0, 0.1) is 5.82 Å². The van der Waals surface area contributed by atoms with Gasteiger partial charge in [-0.15, -0.1) is 0 Å². The average Bonchev–Trinajstić information content (AvgIpc) is 2.69. The molecule has 0 spiro atoms. The maximum absolute atomic E-state index is 13.6. The van der Waals surface area contributed by atoms with Gasteiger partial charge in [0.2, 0.25) is 5.91 Å². The second kappa shape index (κ2) is 8.33. The number of nitrogens with two attached hydrogens (primary N) is 1. The van der Waals surface area contributed by atoms with Crippen LogP contribution >= 0.6 is 0 Å². The third kappa shape index (κ3) is 4.24. The molecule has 1 unspecified atom stereocenters. The number of methoxy groups -OCH3 is 1. The molecule has 0 aliphatic rings. The zero-order valence-electron chi connectivity index (χ0n) is 14.6. The molecule has 138 valence electrons. The molecule has 0 aliphatic carbocycles. The zero-order valence-corrected chi connectivity index (χ0v) is 14.6. The summed E-state index contributed by atoms with van der Waals surface area (Å²) < 4.78 is 18.9. The number of hydrogen-bond donors (Lipinski definition) is 2. The Labute approximate surface area is 155 Å². The Morgan fingerprint density at radius 1 is 1.30 bits per heavy atom. The first kappa shape index (κ1) is 18.4. The molecule has 0 saturated heterocycles. The van der Waals surface area contributed by atoms with Gasteiger partial charge in [0.05, 0.1) is 18.7 Å². The Hall–Kier alpha value is -3.39. The van der Waals surface area contributed by atoms with Crippen LogP contribution in [0.2, 0.25) is 0 Å². The van der Waals surface area contributed by atoms with Crippen LogP contribution in [-0.4, -0.2) is 34.5 Å². The van der Waals surface area contributed by atoms with Crippen molar-refractivity contribution in [3.05, 3.63) is 66.5 Å². The van der Waals surface area contributed by atoms with Gasteiger partial charge in [-0.1, -0.05) is 6.07 Å². The lowest BCUT2D eigenvalue weighted by Crippen LogP contribution is -2.27. The summed E-state index contributed by atoms with van der Waals surface area (Å²) in [6, 6.07) is 9.19. The first-order valence-electron chi connectivity index (χ1n) is 8.19. The summed E-state index contributed by atoms with van der Waals surface area (Å²) in [5.41, 5.74) is 7.34. The Bertz CT molecular complexity index is 936. The largest absolute Gasteiger partial charge is 0.496 e. The minimum Gasteiger partial charge on any atom is -0.496 e. The summed E-state index contributed by atoms with van der Waals surface area (Å²) in [6.45, 7) is 0.118. The van der Waals surface area contributed by atoms with Gasteiger partial charge >= 0.3 is 0 Å². The number of hydrogen-bond acceptors (Lipinski definition) is 6. The lowest BCUT2D eigenvalue weighted by atomic mass is 10.0. The molecule has 7 nitrogen and oxygen atoms in total. The fraction of sp³-hybridized carbons (Fsp3) is 0.158. The number of carbonyl (C=O) groups excluding carboxylic acids is 1. The molecule has 0 aliphatic heterocycles. The molecule has 0 fully saturated rings. The van der Waals surface area contributed by atoms with E-state index in [-0.39, 0.29) is 18.3 Å². The van der Waals surface area contributed by atoms with E-state index in [0.29, 0.717) is 22.6 Å². The van der Waals surface area contributed by atoms with Gasteiger partial charge in [0.15, 0.2) is 0 Å². The van der Waals surface area contributed by atoms with E-state index in [1.54, 1.807) is 30.6 Å². The molecular weight excluding hydrogens is 349 g/mol. The van der Waals surface area contributed by atoms with Crippen LogP contribution in [0.1, 0.15) is 11.5 Å². The van der Waals surface area contributed by atoms with Gasteiger partial charge in [0, 0.05) is 30.6 Å². The molecule has 3 aromatic rings. The molecule has 27 heavy (non-hydrogen) atoms. The van der Waals surface area contributed by atoms with Crippen molar-refractivity contribution in [2.75, 3.05) is 19.0 Å². The van der Waals surface area contributed by atoms with Crippen LogP contribution in [0.25, 0.3) is 11.3 Å². The lowest BCUT2D eigenvalue weighted by Gasteiger charge is -2.15. The van der Waals surface area contributed by atoms with E-state index in [1.807, 2.05) is 0 Å². The molecule has 0 bridgehead atoms. The fourth-order valence-electron chi connectivity index (χ4n) is 2.64. The van der Waals surface area contributed by atoms with Gasteiger partial charge in [-0.05, 0) is 29.8 Å². The van der Waals surface area contributed by atoms with Crippen LogP contribution in [0.15, 0.2) is 55.1 Å². The van der Waals surface area contributed by atoms with Crippen molar-refractivity contribution in [1.29, 1.82) is 0 Å². The smallest absolute Gasteiger partial charge is 0.234 e. The van der Waals surface area contributed by atoms with E-state index < -0.39 is 11.7 Å². The van der Waals surface area contributed by atoms with Crippen molar-refractivity contribution in [3.8, 4) is 17.0 Å². The van der Waals surface area contributed by atoms with Gasteiger partial charge in [0.25, 0.3) is 0 Å². The van der Waals surface area contributed by atoms with Crippen LogP contribution in [0.5, 0.6) is 5.75 Å². The summed E-state index contributed by atoms with van der Waals surface area (Å²) in [4.78, 5) is 24.8. The third-order valence-electron chi connectivity index (χ3n) is 3.99. The first-order valence-corrected chi connectivity index (χ1v) is 8.19. The summed E-state index contributed by atoms with van der Waals surface area (Å²) >= 11 is 0. The highest BCUT2D eigenvalue weighted by Crippen LogP contribution is 2.30. The number of nitrogens with one attached hydrogen (secondary N) is 1. The SMILES string of the molecule is COc1ccc(F)cc1-c1cc(NC(=O)C(CN)c2cccnc2)ncn1. The number of halogens is 1. The fourth-order valence-corrected chi connectivity index (χ4v) is 2.64.